The van der Waals surface area contributed by atoms with Gasteiger partial charge in [-0.2, -0.15) is 18.3 Å². The number of para-hydroxylation sites is 1. The van der Waals surface area contributed by atoms with E-state index in [2.05, 4.69) is 20.6 Å². The largest absolute Gasteiger partial charge is 0.416 e. The molecule has 0 aliphatic carbocycles. The fraction of sp³-hybridized carbons (Fsp3) is 0.316. The van der Waals surface area contributed by atoms with Crippen LogP contribution in [-0.4, -0.2) is 77.8 Å². The number of fused-ring (bicyclic) bond motifs is 1. The Hall–Kier alpha value is -5.27. The number of allylic oxidation sites excluding steroid dienone is 1. The number of ether oxygens (including phenoxy) is 1. The fourth-order valence-electron chi connectivity index (χ4n) is 6.57. The number of carbonyl (C=O) groups is 3. The van der Waals surface area contributed by atoms with Crippen LogP contribution in [0.4, 0.5) is 19.0 Å². The van der Waals surface area contributed by atoms with E-state index in [9.17, 15) is 27.6 Å². The summed E-state index contributed by atoms with van der Waals surface area (Å²) >= 11 is 0. The van der Waals surface area contributed by atoms with Crippen molar-refractivity contribution in [1.82, 2.24) is 25.3 Å². The third-order valence-electron chi connectivity index (χ3n) is 9.18. The van der Waals surface area contributed by atoms with E-state index in [0.29, 0.717) is 42.3 Å². The standard InChI is InChI=1S/C38H39F3N6O4/c1-3-26(24-45-16-18-51-19-17-45)34(48)42-22-25-10-8-11-27(20-25)32-31-23-43-47(30-14-6-5-7-15-30)36(31)46(4-2)37(50)33(32)44-35(49)28-12-9-13-29(21-28)38(39,40)41/h3,5-15,20-21,23,32-33H,4,16-19,22,24H2,1-2H3,(H,42,48)(H,44,49)/b26-3+/t32-,33+/m1/s1. The lowest BCUT2D eigenvalue weighted by Gasteiger charge is -2.38. The highest BCUT2D eigenvalue weighted by atomic mass is 19.4. The van der Waals surface area contributed by atoms with Gasteiger partial charge in [0.1, 0.15) is 11.9 Å². The fourth-order valence-corrected chi connectivity index (χ4v) is 6.57. The molecule has 10 nitrogen and oxygen atoms in total. The minimum atomic E-state index is -4.65. The van der Waals surface area contributed by atoms with Crippen LogP contribution in [0.2, 0.25) is 0 Å². The summed E-state index contributed by atoms with van der Waals surface area (Å²) in [5.74, 6) is -1.68. The summed E-state index contributed by atoms with van der Waals surface area (Å²) in [6, 6.07) is 19.6. The van der Waals surface area contributed by atoms with Crippen LogP contribution in [0.5, 0.6) is 0 Å². The molecule has 13 heteroatoms. The molecule has 51 heavy (non-hydrogen) atoms. The Balaban J connectivity index is 1.33. The quantitative estimate of drug-likeness (QED) is 0.224. The highest BCUT2D eigenvalue weighted by Gasteiger charge is 2.44. The third kappa shape index (κ3) is 7.74. The molecule has 2 aliphatic rings. The van der Waals surface area contributed by atoms with Crippen molar-refractivity contribution in [3.63, 3.8) is 0 Å². The molecule has 0 radical (unpaired) electrons. The monoisotopic (exact) mass is 700 g/mol. The Bertz CT molecular complexity index is 1920. The smallest absolute Gasteiger partial charge is 0.379 e. The average molecular weight is 701 g/mol. The molecule has 1 aromatic heterocycles. The normalized spacial score (nSPS) is 18.3. The minimum Gasteiger partial charge on any atom is -0.379 e. The number of halogens is 3. The zero-order valence-electron chi connectivity index (χ0n) is 28.3. The molecule has 2 atom stereocenters. The second-order valence-corrected chi connectivity index (χ2v) is 12.4. The number of benzene rings is 3. The first-order valence-electron chi connectivity index (χ1n) is 16.8. The molecule has 0 spiro atoms. The molecular weight excluding hydrogens is 661 g/mol. The lowest BCUT2D eigenvalue weighted by atomic mass is 9.81. The highest BCUT2D eigenvalue weighted by Crippen LogP contribution is 2.42. The maximum atomic E-state index is 14.4. The molecule has 3 aromatic carbocycles. The molecule has 0 saturated carbocycles. The van der Waals surface area contributed by atoms with Crippen molar-refractivity contribution in [2.45, 2.75) is 38.5 Å². The van der Waals surface area contributed by atoms with Gasteiger partial charge in [-0.05, 0) is 55.3 Å². The van der Waals surface area contributed by atoms with Gasteiger partial charge < -0.3 is 15.4 Å². The Morgan fingerprint density at radius 1 is 1.00 bits per heavy atom. The zero-order valence-corrected chi connectivity index (χ0v) is 28.3. The molecule has 1 fully saturated rings. The molecule has 1 saturated heterocycles. The van der Waals surface area contributed by atoms with Gasteiger partial charge in [-0.15, -0.1) is 0 Å². The second-order valence-electron chi connectivity index (χ2n) is 12.4. The highest BCUT2D eigenvalue weighted by molar-refractivity contribution is 6.05. The van der Waals surface area contributed by atoms with E-state index in [4.69, 9.17) is 4.74 Å². The summed E-state index contributed by atoms with van der Waals surface area (Å²) in [4.78, 5) is 44.9. The van der Waals surface area contributed by atoms with Gasteiger partial charge in [-0.25, -0.2) is 4.68 Å². The van der Waals surface area contributed by atoms with E-state index < -0.39 is 35.5 Å². The molecule has 266 valence electrons. The first-order chi connectivity index (χ1) is 24.6. The number of hydrogen-bond acceptors (Lipinski definition) is 6. The summed E-state index contributed by atoms with van der Waals surface area (Å²) < 4.78 is 47.7. The van der Waals surface area contributed by atoms with Gasteiger partial charge in [0, 0.05) is 55.3 Å². The van der Waals surface area contributed by atoms with Crippen molar-refractivity contribution in [2.24, 2.45) is 0 Å². The maximum absolute atomic E-state index is 14.4. The van der Waals surface area contributed by atoms with Gasteiger partial charge >= 0.3 is 6.18 Å². The van der Waals surface area contributed by atoms with Crippen LogP contribution in [0.1, 0.15) is 52.4 Å². The topological polar surface area (TPSA) is 109 Å². The molecule has 2 aliphatic heterocycles. The van der Waals surface area contributed by atoms with Crippen molar-refractivity contribution in [2.75, 3.05) is 44.3 Å². The number of aromatic nitrogens is 2. The molecule has 6 rings (SSSR count). The van der Waals surface area contributed by atoms with E-state index in [1.807, 2.05) is 61.5 Å². The van der Waals surface area contributed by atoms with Gasteiger partial charge in [0.05, 0.1) is 30.7 Å². The van der Waals surface area contributed by atoms with Crippen molar-refractivity contribution in [3.05, 3.63) is 125 Å². The van der Waals surface area contributed by atoms with Gasteiger partial charge in [-0.3, -0.25) is 24.2 Å². The predicted molar refractivity (Wildman–Crippen MR) is 185 cm³/mol. The van der Waals surface area contributed by atoms with Crippen molar-refractivity contribution in [1.29, 1.82) is 0 Å². The first kappa shape index (κ1) is 35.6. The number of carbonyl (C=O) groups excluding carboxylic acids is 3. The number of hydrogen-bond donors (Lipinski definition) is 2. The molecule has 2 N–H and O–H groups in total. The number of nitrogens with one attached hydrogen (secondary N) is 2. The lowest BCUT2D eigenvalue weighted by molar-refractivity contribution is -0.137. The van der Waals surface area contributed by atoms with Gasteiger partial charge in [0.25, 0.3) is 11.8 Å². The Labute approximate surface area is 293 Å². The molecular formula is C38H39F3N6O4. The first-order valence-corrected chi connectivity index (χ1v) is 16.8. The maximum Gasteiger partial charge on any atom is 0.416 e. The number of amides is 3. The second kappa shape index (κ2) is 15.3. The third-order valence-corrected chi connectivity index (χ3v) is 9.18. The number of rotatable bonds is 10. The number of alkyl halides is 3. The van der Waals surface area contributed by atoms with Crippen LogP contribution in [-0.2, 0) is 27.0 Å². The zero-order chi connectivity index (χ0) is 36.1. The SMILES string of the molecule is C/C=C(\CN1CCOCC1)C(=O)NCc1cccc([C@@H]2c3cnn(-c4ccccc4)c3N(CC)C(=O)[C@H]2NC(=O)c2cccc(C(F)(F)F)c2)c1. The van der Waals surface area contributed by atoms with E-state index >= 15 is 0 Å². The van der Waals surface area contributed by atoms with Crippen LogP contribution < -0.4 is 15.5 Å². The van der Waals surface area contributed by atoms with Gasteiger partial charge in [0.15, 0.2) is 0 Å². The van der Waals surface area contributed by atoms with E-state index in [-0.39, 0.29) is 24.6 Å². The summed E-state index contributed by atoms with van der Waals surface area (Å²) in [5.41, 5.74) is 2.24. The van der Waals surface area contributed by atoms with Crippen LogP contribution in [0, 0.1) is 0 Å². The van der Waals surface area contributed by atoms with Crippen molar-refractivity contribution in [3.8, 4) is 5.69 Å². The van der Waals surface area contributed by atoms with E-state index in [1.54, 1.807) is 23.9 Å². The Morgan fingerprint density at radius 2 is 1.75 bits per heavy atom. The van der Waals surface area contributed by atoms with Crippen molar-refractivity contribution >= 4 is 23.5 Å². The number of likely N-dealkylation sites (N-methyl/N-ethyl adjacent to an activating group) is 1. The summed E-state index contributed by atoms with van der Waals surface area (Å²) in [7, 11) is 0. The minimum absolute atomic E-state index is 0.196. The summed E-state index contributed by atoms with van der Waals surface area (Å²) in [5, 5.41) is 10.4. The van der Waals surface area contributed by atoms with Gasteiger partial charge in [-0.1, -0.05) is 54.6 Å². The molecule has 0 bridgehead atoms. The van der Waals surface area contributed by atoms with Crippen LogP contribution in [0.15, 0.2) is 96.7 Å². The summed E-state index contributed by atoms with van der Waals surface area (Å²) in [6.45, 7) is 7.33. The average Bonchev–Trinajstić information content (AvgIpc) is 3.58. The number of nitrogens with zero attached hydrogens (tertiary/aromatic N) is 4. The van der Waals surface area contributed by atoms with Crippen LogP contribution in [0.3, 0.4) is 0 Å². The van der Waals surface area contributed by atoms with Gasteiger partial charge in [0.2, 0.25) is 5.91 Å². The Kier molecular flexibility index (Phi) is 10.7. The summed E-state index contributed by atoms with van der Waals surface area (Å²) in [6.07, 6.45) is -1.19. The van der Waals surface area contributed by atoms with E-state index in [0.717, 1.165) is 42.5 Å². The predicted octanol–water partition coefficient (Wildman–Crippen LogP) is 5.08. The van der Waals surface area contributed by atoms with Crippen LogP contribution in [0.25, 0.3) is 5.69 Å². The molecule has 0 unspecified atom stereocenters. The Morgan fingerprint density at radius 3 is 2.45 bits per heavy atom. The van der Waals surface area contributed by atoms with E-state index in [1.165, 1.54) is 11.0 Å². The molecule has 3 heterocycles. The lowest BCUT2D eigenvalue weighted by Crippen LogP contribution is -2.55. The molecule has 4 aromatic rings. The van der Waals surface area contributed by atoms with Crippen molar-refractivity contribution < 1.29 is 32.3 Å². The molecule has 3 amide bonds. The van der Waals surface area contributed by atoms with Crippen LogP contribution >= 0.6 is 0 Å². The number of morpholine rings is 1. The number of anilines is 1.